The largest absolute Gasteiger partial charge is 0.493 e. The molecule has 0 atom stereocenters. The van der Waals surface area contributed by atoms with Crippen molar-refractivity contribution in [1.82, 2.24) is 19.7 Å². The second-order valence-electron chi connectivity index (χ2n) is 9.24. The maximum absolute atomic E-state index is 13.3. The maximum atomic E-state index is 13.3. The number of carbonyl (C=O) groups excluding carboxylic acids is 1. The average molecular weight is 494 g/mol. The Labute approximate surface area is 214 Å². The van der Waals surface area contributed by atoms with E-state index in [4.69, 9.17) is 9.47 Å². The predicted octanol–water partition coefficient (Wildman–Crippen LogP) is 4.49. The quantitative estimate of drug-likeness (QED) is 0.347. The van der Waals surface area contributed by atoms with Crippen molar-refractivity contribution in [2.45, 2.75) is 26.3 Å². The van der Waals surface area contributed by atoms with E-state index in [1.54, 1.807) is 20.5 Å². The van der Waals surface area contributed by atoms with Gasteiger partial charge in [-0.15, -0.1) is 0 Å². The SMILES string of the molecule is COc1cc2ncnc(Cc3ccc4c(c3)CCN4C(=O)Cn3nc(C)c4ccccc43)c2cc1OC. The second-order valence-corrected chi connectivity index (χ2v) is 9.24. The van der Waals surface area contributed by atoms with Crippen molar-refractivity contribution in [1.29, 1.82) is 0 Å². The number of carbonyl (C=O) groups is 1. The Morgan fingerprint density at radius 3 is 2.62 bits per heavy atom. The van der Waals surface area contributed by atoms with Crippen molar-refractivity contribution in [2.24, 2.45) is 0 Å². The smallest absolute Gasteiger partial charge is 0.248 e. The molecule has 0 N–H and O–H groups in total. The van der Waals surface area contributed by atoms with Crippen LogP contribution in [0.3, 0.4) is 0 Å². The van der Waals surface area contributed by atoms with Gasteiger partial charge in [-0.3, -0.25) is 9.48 Å². The van der Waals surface area contributed by atoms with Gasteiger partial charge in [0, 0.05) is 35.5 Å². The van der Waals surface area contributed by atoms with E-state index in [0.717, 1.165) is 50.9 Å². The lowest BCUT2D eigenvalue weighted by molar-refractivity contribution is -0.119. The number of hydrogen-bond acceptors (Lipinski definition) is 6. The molecule has 0 aliphatic carbocycles. The van der Waals surface area contributed by atoms with Crippen LogP contribution < -0.4 is 14.4 Å². The fourth-order valence-corrected chi connectivity index (χ4v) is 5.22. The van der Waals surface area contributed by atoms with Crippen LogP contribution in [0.1, 0.15) is 22.5 Å². The lowest BCUT2D eigenvalue weighted by Crippen LogP contribution is -2.32. The number of aryl methyl sites for hydroxylation is 1. The highest BCUT2D eigenvalue weighted by Crippen LogP contribution is 2.34. The minimum atomic E-state index is 0.0441. The number of benzene rings is 3. The first-order valence-corrected chi connectivity index (χ1v) is 12.3. The molecule has 1 aliphatic rings. The molecule has 2 aromatic heterocycles. The van der Waals surface area contributed by atoms with E-state index in [-0.39, 0.29) is 12.5 Å². The number of rotatable bonds is 6. The zero-order chi connectivity index (χ0) is 25.5. The minimum Gasteiger partial charge on any atom is -0.493 e. The summed E-state index contributed by atoms with van der Waals surface area (Å²) in [5.41, 5.74) is 6.92. The summed E-state index contributed by atoms with van der Waals surface area (Å²) in [6.45, 7) is 2.86. The summed E-state index contributed by atoms with van der Waals surface area (Å²) in [4.78, 5) is 24.1. The molecular weight excluding hydrogens is 466 g/mol. The van der Waals surface area contributed by atoms with Crippen LogP contribution in [-0.4, -0.2) is 46.4 Å². The Morgan fingerprint density at radius 1 is 0.973 bits per heavy atom. The number of anilines is 1. The third kappa shape index (κ3) is 4.04. The van der Waals surface area contributed by atoms with Crippen LogP contribution in [0.5, 0.6) is 11.5 Å². The number of aromatic nitrogens is 4. The van der Waals surface area contributed by atoms with E-state index < -0.39 is 0 Å². The van der Waals surface area contributed by atoms with E-state index in [1.807, 2.05) is 52.9 Å². The van der Waals surface area contributed by atoms with Crippen LogP contribution in [0.4, 0.5) is 5.69 Å². The average Bonchev–Trinajstić information content (AvgIpc) is 3.48. The lowest BCUT2D eigenvalue weighted by atomic mass is 10.0. The first-order chi connectivity index (χ1) is 18.1. The summed E-state index contributed by atoms with van der Waals surface area (Å²) in [5.74, 6) is 1.33. The highest BCUT2D eigenvalue weighted by molar-refractivity contribution is 5.96. The maximum Gasteiger partial charge on any atom is 0.248 e. The minimum absolute atomic E-state index is 0.0441. The van der Waals surface area contributed by atoms with E-state index in [9.17, 15) is 4.79 Å². The van der Waals surface area contributed by atoms with Gasteiger partial charge < -0.3 is 14.4 Å². The zero-order valence-electron chi connectivity index (χ0n) is 21.1. The summed E-state index contributed by atoms with van der Waals surface area (Å²) < 4.78 is 12.7. The van der Waals surface area contributed by atoms with Gasteiger partial charge in [0.25, 0.3) is 0 Å². The molecule has 0 fully saturated rings. The number of amides is 1. The van der Waals surface area contributed by atoms with Crippen LogP contribution in [0, 0.1) is 6.92 Å². The normalized spacial score (nSPS) is 12.8. The molecular formula is C29H27N5O3. The topological polar surface area (TPSA) is 82.4 Å². The first kappa shape index (κ1) is 23.0. The van der Waals surface area contributed by atoms with E-state index in [2.05, 4.69) is 33.3 Å². The van der Waals surface area contributed by atoms with Gasteiger partial charge in [-0.2, -0.15) is 5.10 Å². The monoisotopic (exact) mass is 493 g/mol. The summed E-state index contributed by atoms with van der Waals surface area (Å²) in [6, 6.07) is 18.1. The number of hydrogen-bond donors (Lipinski definition) is 0. The Morgan fingerprint density at radius 2 is 1.78 bits per heavy atom. The van der Waals surface area contributed by atoms with Crippen molar-refractivity contribution in [3.8, 4) is 11.5 Å². The Hall–Kier alpha value is -4.46. The molecule has 37 heavy (non-hydrogen) atoms. The Kier molecular flexibility index (Phi) is 5.71. The molecule has 3 heterocycles. The van der Waals surface area contributed by atoms with Gasteiger partial charge in [-0.25, -0.2) is 9.97 Å². The zero-order valence-corrected chi connectivity index (χ0v) is 21.1. The number of para-hydroxylation sites is 1. The molecule has 0 radical (unpaired) electrons. The van der Waals surface area contributed by atoms with Crippen molar-refractivity contribution in [3.05, 3.63) is 83.4 Å². The summed E-state index contributed by atoms with van der Waals surface area (Å²) in [7, 11) is 3.24. The molecule has 5 aromatic rings. The summed E-state index contributed by atoms with van der Waals surface area (Å²) in [6.07, 6.45) is 3.05. The van der Waals surface area contributed by atoms with E-state index >= 15 is 0 Å². The molecule has 0 unspecified atom stereocenters. The van der Waals surface area contributed by atoms with Crippen molar-refractivity contribution < 1.29 is 14.3 Å². The number of nitrogens with zero attached hydrogens (tertiary/aromatic N) is 5. The third-order valence-corrected chi connectivity index (χ3v) is 7.06. The van der Waals surface area contributed by atoms with E-state index in [1.165, 1.54) is 5.56 Å². The summed E-state index contributed by atoms with van der Waals surface area (Å²) in [5, 5.41) is 6.61. The van der Waals surface area contributed by atoms with Gasteiger partial charge >= 0.3 is 0 Å². The lowest BCUT2D eigenvalue weighted by Gasteiger charge is -2.18. The van der Waals surface area contributed by atoms with E-state index in [0.29, 0.717) is 24.5 Å². The fraction of sp³-hybridized carbons (Fsp3) is 0.241. The third-order valence-electron chi connectivity index (χ3n) is 7.06. The molecule has 0 saturated carbocycles. The van der Waals surface area contributed by atoms with Crippen molar-refractivity contribution >= 4 is 33.4 Å². The second kappa shape index (κ2) is 9.20. The number of methoxy groups -OCH3 is 2. The molecule has 0 saturated heterocycles. The van der Waals surface area contributed by atoms with Crippen LogP contribution >= 0.6 is 0 Å². The predicted molar refractivity (Wildman–Crippen MR) is 142 cm³/mol. The van der Waals surface area contributed by atoms with Gasteiger partial charge in [0.15, 0.2) is 11.5 Å². The number of ether oxygens (including phenoxy) is 2. The van der Waals surface area contributed by atoms with Crippen LogP contribution in [0.15, 0.2) is 60.9 Å². The van der Waals surface area contributed by atoms with Gasteiger partial charge in [0.05, 0.1) is 36.6 Å². The molecule has 1 aliphatic heterocycles. The van der Waals surface area contributed by atoms with Crippen molar-refractivity contribution in [2.75, 3.05) is 25.7 Å². The van der Waals surface area contributed by atoms with Gasteiger partial charge in [-0.05, 0) is 42.7 Å². The highest BCUT2D eigenvalue weighted by Gasteiger charge is 2.26. The summed E-state index contributed by atoms with van der Waals surface area (Å²) >= 11 is 0. The van der Waals surface area contributed by atoms with Crippen molar-refractivity contribution in [3.63, 3.8) is 0 Å². The molecule has 0 spiro atoms. The molecule has 3 aromatic carbocycles. The Bertz CT molecular complexity index is 1660. The number of fused-ring (bicyclic) bond motifs is 3. The van der Waals surface area contributed by atoms with Gasteiger partial charge in [0.1, 0.15) is 12.9 Å². The first-order valence-electron chi connectivity index (χ1n) is 12.3. The standard InChI is InChI=1S/C29H27N5O3/c1-18-21-6-4-5-7-26(21)34(32-18)16-29(35)33-11-10-20-12-19(8-9-25(20)33)13-23-22-14-27(36-2)28(37-3)15-24(22)31-17-30-23/h4-9,12,14-15,17H,10-11,13,16H2,1-3H3. The fourth-order valence-electron chi connectivity index (χ4n) is 5.22. The molecule has 8 nitrogen and oxygen atoms in total. The van der Waals surface area contributed by atoms with Crippen LogP contribution in [0.2, 0.25) is 0 Å². The molecule has 0 bridgehead atoms. The molecule has 6 rings (SSSR count). The Balaban J connectivity index is 1.25. The molecule has 186 valence electrons. The molecule has 1 amide bonds. The van der Waals surface area contributed by atoms with Crippen LogP contribution in [-0.2, 0) is 24.2 Å². The highest BCUT2D eigenvalue weighted by atomic mass is 16.5. The van der Waals surface area contributed by atoms with Gasteiger partial charge in [-0.1, -0.05) is 30.3 Å². The molecule has 8 heteroatoms. The van der Waals surface area contributed by atoms with Crippen LogP contribution in [0.25, 0.3) is 21.8 Å². The van der Waals surface area contributed by atoms with Gasteiger partial charge in [0.2, 0.25) is 5.91 Å².